The topological polar surface area (TPSA) is 103 Å². The molecule has 100 valence electrons. The zero-order chi connectivity index (χ0) is 14.0. The Kier molecular flexibility index (Phi) is 3.61. The molecular weight excluding hydrogens is 266 g/mol. The second-order valence-electron chi connectivity index (χ2n) is 3.81. The van der Waals surface area contributed by atoms with Crippen molar-refractivity contribution >= 4 is 33.8 Å². The first-order chi connectivity index (χ1) is 9.02. The van der Waals surface area contributed by atoms with Gasteiger partial charge in [0.15, 0.2) is 10.9 Å². The third-order valence-corrected chi connectivity index (χ3v) is 3.23. The Hall–Kier alpha value is -2.22. The number of thiazole rings is 1. The molecule has 2 aromatic rings. The average Bonchev–Trinajstić information content (AvgIpc) is 2.95. The number of carbonyl (C=O) groups excluding carboxylic acids is 2. The summed E-state index contributed by atoms with van der Waals surface area (Å²) in [5.74, 6) is -0.531. The first-order valence-electron chi connectivity index (χ1n) is 5.62. The van der Waals surface area contributed by atoms with Crippen LogP contribution in [0.1, 0.15) is 34.8 Å². The van der Waals surface area contributed by atoms with Gasteiger partial charge < -0.3 is 5.73 Å². The van der Waals surface area contributed by atoms with E-state index in [4.69, 9.17) is 5.73 Å². The van der Waals surface area contributed by atoms with Gasteiger partial charge in [0.2, 0.25) is 0 Å². The lowest BCUT2D eigenvalue weighted by Gasteiger charge is -2.05. The van der Waals surface area contributed by atoms with Crippen LogP contribution < -0.4 is 11.1 Å². The summed E-state index contributed by atoms with van der Waals surface area (Å²) in [5.41, 5.74) is 6.64. The molecule has 0 saturated heterocycles. The SMILES string of the molecule is CCn1ncc(N)c1C(=O)Nc1nc(C(C)=O)cs1. The van der Waals surface area contributed by atoms with Gasteiger partial charge in [-0.3, -0.25) is 19.6 Å². The minimum atomic E-state index is -0.388. The van der Waals surface area contributed by atoms with Crippen LogP contribution in [0.5, 0.6) is 0 Å². The van der Waals surface area contributed by atoms with Gasteiger partial charge in [-0.1, -0.05) is 0 Å². The molecule has 0 aliphatic rings. The number of aromatic nitrogens is 3. The zero-order valence-corrected chi connectivity index (χ0v) is 11.3. The summed E-state index contributed by atoms with van der Waals surface area (Å²) in [7, 11) is 0. The van der Waals surface area contributed by atoms with Crippen molar-refractivity contribution < 1.29 is 9.59 Å². The van der Waals surface area contributed by atoms with Crippen molar-refractivity contribution in [2.45, 2.75) is 20.4 Å². The molecule has 7 nitrogen and oxygen atoms in total. The van der Waals surface area contributed by atoms with Crippen LogP contribution in [0.4, 0.5) is 10.8 Å². The molecule has 3 N–H and O–H groups in total. The highest BCUT2D eigenvalue weighted by Gasteiger charge is 2.17. The molecule has 0 spiro atoms. The van der Waals surface area contributed by atoms with E-state index in [0.717, 1.165) is 0 Å². The smallest absolute Gasteiger partial charge is 0.277 e. The minimum absolute atomic E-state index is 0.144. The molecule has 0 saturated carbocycles. The number of aryl methyl sites for hydroxylation is 1. The van der Waals surface area contributed by atoms with Crippen molar-refractivity contribution in [3.05, 3.63) is 23.0 Å². The molecule has 0 aliphatic carbocycles. The first kappa shape index (κ1) is 13.2. The molecule has 0 aromatic carbocycles. The standard InChI is InChI=1S/C11H13N5O2S/c1-3-16-9(7(12)4-13-16)10(18)15-11-14-8(5-19-11)6(2)17/h4-5H,3,12H2,1-2H3,(H,14,15,18). The van der Waals surface area contributed by atoms with Crippen LogP contribution in [0.25, 0.3) is 0 Å². The Morgan fingerprint density at radius 3 is 2.84 bits per heavy atom. The van der Waals surface area contributed by atoms with Crippen LogP contribution in [0.2, 0.25) is 0 Å². The molecule has 0 aliphatic heterocycles. The van der Waals surface area contributed by atoms with E-state index in [2.05, 4.69) is 15.4 Å². The van der Waals surface area contributed by atoms with E-state index < -0.39 is 0 Å². The maximum atomic E-state index is 12.1. The van der Waals surface area contributed by atoms with Crippen molar-refractivity contribution in [2.24, 2.45) is 0 Å². The summed E-state index contributed by atoms with van der Waals surface area (Å²) in [6, 6.07) is 0. The molecular formula is C11H13N5O2S. The fourth-order valence-electron chi connectivity index (χ4n) is 1.54. The molecule has 8 heteroatoms. The van der Waals surface area contributed by atoms with Gasteiger partial charge in [-0.25, -0.2) is 4.98 Å². The van der Waals surface area contributed by atoms with Gasteiger partial charge in [-0.2, -0.15) is 5.10 Å². The number of nitrogens with zero attached hydrogens (tertiary/aromatic N) is 3. The molecule has 19 heavy (non-hydrogen) atoms. The molecule has 0 unspecified atom stereocenters. The number of ketones is 1. The van der Waals surface area contributed by atoms with Gasteiger partial charge in [0.05, 0.1) is 11.9 Å². The summed E-state index contributed by atoms with van der Waals surface area (Å²) in [6.45, 7) is 3.82. The molecule has 0 radical (unpaired) electrons. The number of anilines is 2. The maximum Gasteiger partial charge on any atom is 0.277 e. The molecule has 2 heterocycles. The van der Waals surface area contributed by atoms with Crippen molar-refractivity contribution in [1.82, 2.24) is 14.8 Å². The highest BCUT2D eigenvalue weighted by Crippen LogP contribution is 2.18. The largest absolute Gasteiger partial charge is 0.396 e. The number of nitrogen functional groups attached to an aromatic ring is 1. The molecule has 1 amide bonds. The number of nitrogens with two attached hydrogens (primary N) is 1. The Labute approximate surface area is 113 Å². The number of hydrogen-bond donors (Lipinski definition) is 2. The fraction of sp³-hybridized carbons (Fsp3) is 0.273. The highest BCUT2D eigenvalue weighted by atomic mass is 32.1. The Bertz CT molecular complexity index is 631. The fourth-order valence-corrected chi connectivity index (χ4v) is 2.28. The minimum Gasteiger partial charge on any atom is -0.396 e. The van der Waals surface area contributed by atoms with E-state index in [1.54, 1.807) is 5.38 Å². The lowest BCUT2D eigenvalue weighted by atomic mass is 10.3. The van der Waals surface area contributed by atoms with E-state index in [-0.39, 0.29) is 11.7 Å². The predicted octanol–water partition coefficient (Wildman–Crippen LogP) is 1.40. The van der Waals surface area contributed by atoms with Crippen molar-refractivity contribution in [3.63, 3.8) is 0 Å². The van der Waals surface area contributed by atoms with Crippen LogP contribution in [0.15, 0.2) is 11.6 Å². The quantitative estimate of drug-likeness (QED) is 0.823. The van der Waals surface area contributed by atoms with Crippen LogP contribution in [-0.2, 0) is 6.54 Å². The first-order valence-corrected chi connectivity index (χ1v) is 6.50. The average molecular weight is 279 g/mol. The van der Waals surface area contributed by atoms with Gasteiger partial charge in [0.25, 0.3) is 5.91 Å². The van der Waals surface area contributed by atoms with Gasteiger partial charge >= 0.3 is 0 Å². The molecule has 0 fully saturated rings. The molecule has 0 bridgehead atoms. The van der Waals surface area contributed by atoms with E-state index in [9.17, 15) is 9.59 Å². The summed E-state index contributed by atoms with van der Waals surface area (Å²) in [5, 5.41) is 8.56. The Morgan fingerprint density at radius 1 is 1.53 bits per heavy atom. The van der Waals surface area contributed by atoms with Gasteiger partial charge in [-0.05, 0) is 6.92 Å². The number of nitrogens with one attached hydrogen (secondary N) is 1. The predicted molar refractivity (Wildman–Crippen MR) is 72.4 cm³/mol. The van der Waals surface area contributed by atoms with Crippen LogP contribution in [-0.4, -0.2) is 26.5 Å². The van der Waals surface area contributed by atoms with Crippen LogP contribution >= 0.6 is 11.3 Å². The summed E-state index contributed by atoms with van der Waals surface area (Å²) < 4.78 is 1.50. The van der Waals surface area contributed by atoms with Gasteiger partial charge in [-0.15, -0.1) is 11.3 Å². The highest BCUT2D eigenvalue weighted by molar-refractivity contribution is 7.14. The number of Topliss-reactive ketones (excluding diaryl/α,β-unsaturated/α-hetero) is 1. The second-order valence-corrected chi connectivity index (χ2v) is 4.67. The van der Waals surface area contributed by atoms with Crippen molar-refractivity contribution in [2.75, 3.05) is 11.1 Å². The maximum absolute atomic E-state index is 12.1. The number of hydrogen-bond acceptors (Lipinski definition) is 6. The lowest BCUT2D eigenvalue weighted by Crippen LogP contribution is -2.18. The van der Waals surface area contributed by atoms with E-state index in [1.165, 1.54) is 29.1 Å². The summed E-state index contributed by atoms with van der Waals surface area (Å²) >= 11 is 1.19. The Balaban J connectivity index is 2.20. The van der Waals surface area contributed by atoms with E-state index in [0.29, 0.717) is 28.8 Å². The van der Waals surface area contributed by atoms with Gasteiger partial charge in [0.1, 0.15) is 11.4 Å². The molecule has 2 aromatic heterocycles. The van der Waals surface area contributed by atoms with Gasteiger partial charge in [0, 0.05) is 18.8 Å². The lowest BCUT2D eigenvalue weighted by molar-refractivity contribution is 0.1000. The van der Waals surface area contributed by atoms with Crippen molar-refractivity contribution in [1.29, 1.82) is 0 Å². The Morgan fingerprint density at radius 2 is 2.26 bits per heavy atom. The second kappa shape index (κ2) is 5.19. The number of rotatable bonds is 4. The van der Waals surface area contributed by atoms with Crippen LogP contribution in [0.3, 0.4) is 0 Å². The zero-order valence-electron chi connectivity index (χ0n) is 10.5. The van der Waals surface area contributed by atoms with E-state index in [1.807, 2.05) is 6.92 Å². The third-order valence-electron chi connectivity index (χ3n) is 2.47. The monoisotopic (exact) mass is 279 g/mol. The van der Waals surface area contributed by atoms with Crippen LogP contribution in [0, 0.1) is 0 Å². The number of amides is 1. The molecule has 0 atom stereocenters. The molecule has 2 rings (SSSR count). The summed E-state index contributed by atoms with van der Waals surface area (Å²) in [6.07, 6.45) is 1.43. The number of carbonyl (C=O) groups is 2. The van der Waals surface area contributed by atoms with Crippen molar-refractivity contribution in [3.8, 4) is 0 Å². The van der Waals surface area contributed by atoms with E-state index >= 15 is 0 Å². The normalized spacial score (nSPS) is 10.4. The third kappa shape index (κ3) is 2.63. The summed E-state index contributed by atoms with van der Waals surface area (Å²) in [4.78, 5) is 27.2.